The van der Waals surface area contributed by atoms with Crippen molar-refractivity contribution in [2.24, 2.45) is 5.92 Å². The van der Waals surface area contributed by atoms with Gasteiger partial charge in [-0.2, -0.15) is 0 Å². The number of carbonyl (C=O) groups excluding carboxylic acids is 1. The maximum atomic E-state index is 12.3. The van der Waals surface area contributed by atoms with Crippen LogP contribution in [0, 0.1) is 5.92 Å². The van der Waals surface area contributed by atoms with Gasteiger partial charge in [-0.3, -0.25) is 4.79 Å². The Morgan fingerprint density at radius 1 is 1.43 bits per heavy atom. The lowest BCUT2D eigenvalue weighted by molar-refractivity contribution is -0.121. The summed E-state index contributed by atoms with van der Waals surface area (Å²) in [7, 11) is 0. The van der Waals surface area contributed by atoms with Crippen molar-refractivity contribution in [2.75, 3.05) is 11.9 Å². The number of rotatable bonds is 6. The molecule has 1 heterocycles. The van der Waals surface area contributed by atoms with Crippen LogP contribution < -0.4 is 10.6 Å². The van der Waals surface area contributed by atoms with Crippen LogP contribution >= 0.6 is 23.1 Å². The molecule has 1 fully saturated rings. The number of aromatic nitrogens is 2. The lowest BCUT2D eigenvalue weighted by Gasteiger charge is -2.30. The third kappa shape index (κ3) is 4.85. The largest absolute Gasteiger partial charge is 0.360 e. The SMILES string of the molecule is CCNc1nnc(S[C@@H](C)C(=O)N[C@H]2CCCC[C@@H]2C)s1. The summed E-state index contributed by atoms with van der Waals surface area (Å²) in [5.74, 6) is 0.695. The molecule has 0 spiro atoms. The van der Waals surface area contributed by atoms with Crippen molar-refractivity contribution < 1.29 is 4.79 Å². The van der Waals surface area contributed by atoms with E-state index >= 15 is 0 Å². The number of thioether (sulfide) groups is 1. The van der Waals surface area contributed by atoms with Crippen LogP contribution in [-0.2, 0) is 4.79 Å². The third-order valence-electron chi connectivity index (χ3n) is 3.82. The topological polar surface area (TPSA) is 66.9 Å². The fourth-order valence-electron chi connectivity index (χ4n) is 2.52. The van der Waals surface area contributed by atoms with Crippen LogP contribution in [0.4, 0.5) is 5.13 Å². The fourth-order valence-corrected chi connectivity index (χ4v) is 4.49. The number of hydrogen-bond acceptors (Lipinski definition) is 6. The Kier molecular flexibility index (Phi) is 6.29. The average Bonchev–Trinajstić information content (AvgIpc) is 2.89. The molecule has 3 atom stereocenters. The molecule has 5 nitrogen and oxygen atoms in total. The molecule has 1 amide bonds. The molecule has 0 aliphatic heterocycles. The van der Waals surface area contributed by atoms with Crippen LogP contribution in [0.25, 0.3) is 0 Å². The zero-order valence-corrected chi connectivity index (χ0v) is 14.5. The van der Waals surface area contributed by atoms with Crippen molar-refractivity contribution in [3.05, 3.63) is 0 Å². The van der Waals surface area contributed by atoms with Gasteiger partial charge in [0, 0.05) is 12.6 Å². The van der Waals surface area contributed by atoms with Gasteiger partial charge in [-0.25, -0.2) is 0 Å². The standard InChI is InChI=1S/C14H24N4OS2/c1-4-15-13-17-18-14(21-13)20-10(3)12(19)16-11-8-6-5-7-9(11)2/h9-11H,4-8H2,1-3H3,(H,15,17)(H,16,19)/t9-,10-,11-/m0/s1. The molecule has 2 N–H and O–H groups in total. The minimum absolute atomic E-state index is 0.110. The molecule has 1 aliphatic rings. The minimum Gasteiger partial charge on any atom is -0.360 e. The quantitative estimate of drug-likeness (QED) is 0.785. The van der Waals surface area contributed by atoms with Gasteiger partial charge in [0.1, 0.15) is 0 Å². The molecule has 1 saturated carbocycles. The maximum absolute atomic E-state index is 12.3. The molecule has 0 radical (unpaired) electrons. The zero-order chi connectivity index (χ0) is 15.2. The summed E-state index contributed by atoms with van der Waals surface area (Å²) < 4.78 is 0.838. The van der Waals surface area contributed by atoms with Gasteiger partial charge < -0.3 is 10.6 Å². The van der Waals surface area contributed by atoms with Crippen molar-refractivity contribution >= 4 is 34.1 Å². The van der Waals surface area contributed by atoms with Crippen molar-refractivity contribution in [3.8, 4) is 0 Å². The highest BCUT2D eigenvalue weighted by atomic mass is 32.2. The van der Waals surface area contributed by atoms with E-state index in [1.807, 2.05) is 13.8 Å². The van der Waals surface area contributed by atoms with Gasteiger partial charge in [-0.1, -0.05) is 42.9 Å². The van der Waals surface area contributed by atoms with Gasteiger partial charge in [0.2, 0.25) is 11.0 Å². The van der Waals surface area contributed by atoms with E-state index in [2.05, 4.69) is 27.8 Å². The highest BCUT2D eigenvalue weighted by Gasteiger charge is 2.25. The molecule has 0 bridgehead atoms. The predicted molar refractivity (Wildman–Crippen MR) is 89.0 cm³/mol. The van der Waals surface area contributed by atoms with Gasteiger partial charge in [0.15, 0.2) is 4.34 Å². The van der Waals surface area contributed by atoms with Crippen LogP contribution in [0.5, 0.6) is 0 Å². The van der Waals surface area contributed by atoms with Crippen molar-refractivity contribution in [2.45, 2.75) is 62.1 Å². The van der Waals surface area contributed by atoms with E-state index in [1.54, 1.807) is 0 Å². The van der Waals surface area contributed by atoms with E-state index in [1.165, 1.54) is 42.4 Å². The Balaban J connectivity index is 1.83. The molecule has 2 rings (SSSR count). The highest BCUT2D eigenvalue weighted by molar-refractivity contribution is 8.02. The Bertz CT molecular complexity index is 466. The molecule has 21 heavy (non-hydrogen) atoms. The van der Waals surface area contributed by atoms with Crippen molar-refractivity contribution in [1.82, 2.24) is 15.5 Å². The first-order chi connectivity index (χ1) is 10.1. The maximum Gasteiger partial charge on any atom is 0.233 e. The van der Waals surface area contributed by atoms with E-state index in [4.69, 9.17) is 0 Å². The summed E-state index contributed by atoms with van der Waals surface area (Å²) >= 11 is 2.98. The molecule has 7 heteroatoms. The third-order valence-corrected chi connectivity index (χ3v) is 5.89. The van der Waals surface area contributed by atoms with E-state index in [9.17, 15) is 4.79 Å². The van der Waals surface area contributed by atoms with Crippen LogP contribution in [0.1, 0.15) is 46.5 Å². The molecule has 1 aliphatic carbocycles. The van der Waals surface area contributed by atoms with E-state index < -0.39 is 0 Å². The second-order valence-electron chi connectivity index (χ2n) is 5.54. The first kappa shape index (κ1) is 16.5. The predicted octanol–water partition coefficient (Wildman–Crippen LogP) is 3.15. The lowest BCUT2D eigenvalue weighted by Crippen LogP contribution is -2.44. The molecule has 0 saturated heterocycles. The van der Waals surface area contributed by atoms with Gasteiger partial charge in [-0.15, -0.1) is 10.2 Å². The summed E-state index contributed by atoms with van der Waals surface area (Å²) in [6.07, 6.45) is 4.83. The molecule has 0 aromatic carbocycles. The van der Waals surface area contributed by atoms with Crippen LogP contribution in [-0.4, -0.2) is 33.9 Å². The Labute approximate surface area is 134 Å². The number of amides is 1. The first-order valence-electron chi connectivity index (χ1n) is 7.64. The second-order valence-corrected chi connectivity index (χ2v) is 8.11. The monoisotopic (exact) mass is 328 g/mol. The molecule has 0 unspecified atom stereocenters. The Hall–Kier alpha value is -0.820. The van der Waals surface area contributed by atoms with Gasteiger partial charge in [0.25, 0.3) is 0 Å². The first-order valence-corrected chi connectivity index (χ1v) is 9.34. The summed E-state index contributed by atoms with van der Waals surface area (Å²) in [6, 6.07) is 0.334. The summed E-state index contributed by atoms with van der Waals surface area (Å²) in [5, 5.41) is 15.2. The van der Waals surface area contributed by atoms with E-state index in [-0.39, 0.29) is 11.2 Å². The lowest BCUT2D eigenvalue weighted by atomic mass is 9.86. The normalized spacial score (nSPS) is 23.6. The Morgan fingerprint density at radius 2 is 2.19 bits per heavy atom. The summed E-state index contributed by atoms with van der Waals surface area (Å²) in [6.45, 7) is 7.02. The number of anilines is 1. The molecule has 1 aromatic rings. The van der Waals surface area contributed by atoms with E-state index in [0.29, 0.717) is 12.0 Å². The van der Waals surface area contributed by atoms with Crippen LogP contribution in [0.15, 0.2) is 4.34 Å². The van der Waals surface area contributed by atoms with Crippen LogP contribution in [0.3, 0.4) is 0 Å². The highest BCUT2D eigenvalue weighted by Crippen LogP contribution is 2.29. The summed E-state index contributed by atoms with van der Waals surface area (Å²) in [4.78, 5) is 12.3. The van der Waals surface area contributed by atoms with Crippen molar-refractivity contribution in [1.29, 1.82) is 0 Å². The van der Waals surface area contributed by atoms with Gasteiger partial charge in [0.05, 0.1) is 5.25 Å². The minimum atomic E-state index is -0.137. The number of carbonyl (C=O) groups is 1. The van der Waals surface area contributed by atoms with Gasteiger partial charge >= 0.3 is 0 Å². The Morgan fingerprint density at radius 3 is 2.90 bits per heavy atom. The zero-order valence-electron chi connectivity index (χ0n) is 12.9. The molecular weight excluding hydrogens is 304 g/mol. The second kappa shape index (κ2) is 7.98. The number of nitrogens with one attached hydrogen (secondary N) is 2. The number of hydrogen-bond donors (Lipinski definition) is 2. The molecule has 118 valence electrons. The molecular formula is C14H24N4OS2. The summed E-state index contributed by atoms with van der Waals surface area (Å²) in [5.41, 5.74) is 0. The smallest absolute Gasteiger partial charge is 0.233 e. The number of nitrogens with zero attached hydrogens (tertiary/aromatic N) is 2. The van der Waals surface area contributed by atoms with Crippen molar-refractivity contribution in [3.63, 3.8) is 0 Å². The fraction of sp³-hybridized carbons (Fsp3) is 0.786. The molecule has 1 aromatic heterocycles. The average molecular weight is 329 g/mol. The van der Waals surface area contributed by atoms with E-state index in [0.717, 1.165) is 22.4 Å². The van der Waals surface area contributed by atoms with Crippen LogP contribution in [0.2, 0.25) is 0 Å². The van der Waals surface area contributed by atoms with Gasteiger partial charge in [-0.05, 0) is 32.6 Å².